The second-order valence-corrected chi connectivity index (χ2v) is 4.29. The maximum Gasteiger partial charge on any atom is 0.211 e. The fourth-order valence-corrected chi connectivity index (χ4v) is 2.03. The monoisotopic (exact) mass is 272 g/mol. The number of rotatable bonds is 2. The van der Waals surface area contributed by atoms with Gasteiger partial charge >= 0.3 is 0 Å². The molecule has 0 heterocycles. The summed E-state index contributed by atoms with van der Waals surface area (Å²) in [5, 5.41) is 15.6. The average molecular weight is 272 g/mol. The summed E-state index contributed by atoms with van der Waals surface area (Å²) in [7, 11) is 0. The fourth-order valence-electron chi connectivity index (χ4n) is 2.03. The molecule has 0 radical (unpaired) electrons. The lowest BCUT2D eigenvalue weighted by molar-refractivity contribution is 1.03. The number of guanidine groups is 2. The molecule has 0 amide bonds. The summed E-state index contributed by atoms with van der Waals surface area (Å²) in [6.07, 6.45) is 0. The van der Waals surface area contributed by atoms with Crippen LogP contribution in [0.3, 0.4) is 0 Å². The van der Waals surface area contributed by atoms with E-state index in [9.17, 15) is 0 Å². The molecule has 0 atom stereocenters. The van der Waals surface area contributed by atoms with Crippen LogP contribution in [0.25, 0.3) is 0 Å². The lowest BCUT2D eigenvalue weighted by Crippen LogP contribution is -2.23. The Morgan fingerprint density at radius 3 is 1.60 bits per heavy atom. The number of hydrogen-bond acceptors (Lipinski definition) is 4. The third-order valence-corrected chi connectivity index (χ3v) is 2.85. The molecule has 0 unspecified atom stereocenters. The molecule has 0 aliphatic heterocycles. The quantitative estimate of drug-likeness (QED) is 0.319. The molecule has 8 N–H and O–H groups in total. The molecule has 8 nitrogen and oxygen atoms in total. The summed E-state index contributed by atoms with van der Waals surface area (Å²) in [6, 6.07) is 7.65. The molecule has 1 aliphatic rings. The topological polar surface area (TPSA) is 154 Å². The molecule has 8 heteroatoms. The van der Waals surface area contributed by atoms with Crippen molar-refractivity contribution >= 4 is 23.3 Å². The molecule has 20 heavy (non-hydrogen) atoms. The Labute approximate surface area is 115 Å². The van der Waals surface area contributed by atoms with E-state index in [1.807, 2.05) is 31.2 Å². The second-order valence-electron chi connectivity index (χ2n) is 4.29. The predicted molar refractivity (Wildman–Crippen MR) is 80.3 cm³/mol. The number of nitrogens with two attached hydrogens (primary N) is 4. The van der Waals surface area contributed by atoms with Crippen LogP contribution in [0.15, 0.2) is 44.7 Å². The Bertz CT molecular complexity index is 578. The number of hydrogen-bond donors (Lipinski definition) is 4. The van der Waals surface area contributed by atoms with E-state index in [0.29, 0.717) is 0 Å². The zero-order valence-electron chi connectivity index (χ0n) is 11.0. The van der Waals surface area contributed by atoms with Crippen LogP contribution >= 0.6 is 0 Å². The minimum absolute atomic E-state index is 0.100. The van der Waals surface area contributed by atoms with Crippen LogP contribution in [-0.4, -0.2) is 23.3 Å². The third kappa shape index (κ3) is 2.58. The van der Waals surface area contributed by atoms with Crippen molar-refractivity contribution in [2.45, 2.75) is 6.92 Å². The molecular weight excluding hydrogens is 256 g/mol. The van der Waals surface area contributed by atoms with E-state index in [4.69, 9.17) is 22.9 Å². The smallest absolute Gasteiger partial charge is 0.211 e. The van der Waals surface area contributed by atoms with E-state index in [-0.39, 0.29) is 17.8 Å². The van der Waals surface area contributed by atoms with Gasteiger partial charge in [-0.05, 0) is 0 Å². The normalized spacial score (nSPS) is 20.8. The molecule has 1 aromatic rings. The van der Waals surface area contributed by atoms with Crippen LogP contribution < -0.4 is 22.9 Å². The highest BCUT2D eigenvalue weighted by Gasteiger charge is 2.31. The van der Waals surface area contributed by atoms with Gasteiger partial charge in [0.25, 0.3) is 0 Å². The Balaban J connectivity index is 2.56. The highest BCUT2D eigenvalue weighted by Crippen LogP contribution is 2.28. The first-order valence-electron chi connectivity index (χ1n) is 5.93. The Morgan fingerprint density at radius 2 is 1.25 bits per heavy atom. The first kappa shape index (κ1) is 13.5. The molecule has 0 saturated heterocycles. The Morgan fingerprint density at radius 1 is 0.850 bits per heavy atom. The van der Waals surface area contributed by atoms with Crippen molar-refractivity contribution in [1.29, 1.82) is 0 Å². The van der Waals surface area contributed by atoms with Gasteiger partial charge in [0, 0.05) is 17.0 Å². The van der Waals surface area contributed by atoms with Crippen molar-refractivity contribution < 1.29 is 0 Å². The van der Waals surface area contributed by atoms with Gasteiger partial charge in [-0.3, -0.25) is 0 Å². The minimum atomic E-state index is -0.112. The SMILES string of the molecule is CC1/C(=N\N=C(N)N)c2ccccc2/C1=N/N=C(N)N. The average Bonchev–Trinajstić information content (AvgIpc) is 2.66. The number of fused-ring (bicyclic) bond motifs is 1. The summed E-state index contributed by atoms with van der Waals surface area (Å²) < 4.78 is 0. The highest BCUT2D eigenvalue weighted by atomic mass is 15.3. The van der Waals surface area contributed by atoms with Crippen molar-refractivity contribution in [2.24, 2.45) is 49.3 Å². The third-order valence-electron chi connectivity index (χ3n) is 2.85. The van der Waals surface area contributed by atoms with Crippen molar-refractivity contribution in [2.75, 3.05) is 0 Å². The van der Waals surface area contributed by atoms with Gasteiger partial charge in [0.05, 0.1) is 11.4 Å². The zero-order valence-corrected chi connectivity index (χ0v) is 11.0. The number of nitrogens with zero attached hydrogens (tertiary/aromatic N) is 4. The lowest BCUT2D eigenvalue weighted by Gasteiger charge is -2.03. The van der Waals surface area contributed by atoms with E-state index < -0.39 is 0 Å². The molecule has 0 aromatic heterocycles. The minimum Gasteiger partial charge on any atom is -0.369 e. The van der Waals surface area contributed by atoms with Crippen LogP contribution in [0.1, 0.15) is 18.1 Å². The first-order chi connectivity index (χ1) is 9.50. The van der Waals surface area contributed by atoms with E-state index in [1.165, 1.54) is 0 Å². The second kappa shape index (κ2) is 5.39. The molecule has 2 rings (SSSR count). The molecule has 0 fully saturated rings. The van der Waals surface area contributed by atoms with E-state index >= 15 is 0 Å². The number of benzene rings is 1. The van der Waals surface area contributed by atoms with Gasteiger partial charge in [0.1, 0.15) is 0 Å². The summed E-state index contributed by atoms with van der Waals surface area (Å²) in [5.74, 6) is -0.313. The van der Waals surface area contributed by atoms with Gasteiger partial charge in [0.2, 0.25) is 11.9 Å². The Kier molecular flexibility index (Phi) is 3.65. The molecule has 0 saturated carbocycles. The summed E-state index contributed by atoms with van der Waals surface area (Å²) >= 11 is 0. The first-order valence-corrected chi connectivity index (χ1v) is 5.93. The van der Waals surface area contributed by atoms with E-state index in [2.05, 4.69) is 20.4 Å². The Hall–Kier alpha value is -2.90. The van der Waals surface area contributed by atoms with E-state index in [1.54, 1.807) is 0 Å². The summed E-state index contributed by atoms with van der Waals surface area (Å²) in [4.78, 5) is 0. The van der Waals surface area contributed by atoms with Gasteiger partial charge in [-0.1, -0.05) is 31.2 Å². The maximum atomic E-state index is 5.30. The van der Waals surface area contributed by atoms with Crippen molar-refractivity contribution in [3.63, 3.8) is 0 Å². The van der Waals surface area contributed by atoms with Crippen molar-refractivity contribution in [1.82, 2.24) is 0 Å². The van der Waals surface area contributed by atoms with E-state index in [0.717, 1.165) is 22.6 Å². The molecular formula is C12H16N8. The largest absolute Gasteiger partial charge is 0.369 e. The van der Waals surface area contributed by atoms with Crippen molar-refractivity contribution in [3.05, 3.63) is 35.4 Å². The van der Waals surface area contributed by atoms with Crippen LogP contribution in [0, 0.1) is 5.92 Å². The lowest BCUT2D eigenvalue weighted by atomic mass is 10.1. The summed E-state index contributed by atoms with van der Waals surface area (Å²) in [6.45, 7) is 1.93. The molecule has 0 spiro atoms. The standard InChI is InChI=1S/C12H16N8/c1-6-9(17-19-11(13)14)7-4-2-3-5-8(7)10(6)18-20-12(15)16/h2-6H,1H3,(H4,13,14,19)(H4,15,16,20)/b17-9+,18-10+. The van der Waals surface area contributed by atoms with Crippen LogP contribution in [0.4, 0.5) is 0 Å². The molecule has 1 aliphatic carbocycles. The molecule has 1 aromatic carbocycles. The van der Waals surface area contributed by atoms with Gasteiger partial charge < -0.3 is 22.9 Å². The van der Waals surface area contributed by atoms with Crippen LogP contribution in [0.2, 0.25) is 0 Å². The zero-order chi connectivity index (χ0) is 14.7. The van der Waals surface area contributed by atoms with Gasteiger partial charge in [-0.25, -0.2) is 0 Å². The molecule has 104 valence electrons. The van der Waals surface area contributed by atoms with Gasteiger partial charge in [0.15, 0.2) is 0 Å². The van der Waals surface area contributed by atoms with Crippen LogP contribution in [0.5, 0.6) is 0 Å². The predicted octanol–water partition coefficient (Wildman–Crippen LogP) is -0.709. The van der Waals surface area contributed by atoms with Crippen molar-refractivity contribution in [3.8, 4) is 0 Å². The van der Waals surface area contributed by atoms with Gasteiger partial charge in [-0.15, -0.1) is 10.2 Å². The fraction of sp³-hybridized carbons (Fsp3) is 0.167. The highest BCUT2D eigenvalue weighted by molar-refractivity contribution is 6.29. The maximum absolute atomic E-state index is 5.30. The summed E-state index contributed by atoms with van der Waals surface area (Å²) in [5.41, 5.74) is 24.5. The van der Waals surface area contributed by atoms with Gasteiger partial charge in [-0.2, -0.15) is 10.2 Å². The molecule has 0 bridgehead atoms. The van der Waals surface area contributed by atoms with Crippen LogP contribution in [-0.2, 0) is 0 Å².